The van der Waals surface area contributed by atoms with Crippen molar-refractivity contribution >= 4 is 116 Å². The summed E-state index contributed by atoms with van der Waals surface area (Å²) in [5.74, 6) is 7.60. The van der Waals surface area contributed by atoms with Crippen LogP contribution in [0.3, 0.4) is 0 Å². The normalized spacial score (nSPS) is 15.0. The molecular weight excluding hydrogens is 1870 g/mol. The van der Waals surface area contributed by atoms with Gasteiger partial charge in [-0.25, -0.2) is 48.1 Å². The first-order valence-electron chi connectivity index (χ1n) is 50.6. The number of H-pyrrole nitrogens is 1. The van der Waals surface area contributed by atoms with Crippen LogP contribution in [0.5, 0.6) is 0 Å². The number of para-hydroxylation sites is 7. The molecule has 0 spiro atoms. The van der Waals surface area contributed by atoms with E-state index in [2.05, 4.69) is 152 Å². The highest BCUT2D eigenvalue weighted by atomic mass is 16.3. The van der Waals surface area contributed by atoms with Gasteiger partial charge >= 0.3 is 5.69 Å². The second-order valence-corrected chi connectivity index (χ2v) is 36.9. The molecule has 1 atom stereocenters. The predicted octanol–water partition coefficient (Wildman–Crippen LogP) is 15.9. The van der Waals surface area contributed by atoms with Crippen molar-refractivity contribution in [2.24, 2.45) is 11.8 Å². The van der Waals surface area contributed by atoms with Gasteiger partial charge < -0.3 is 75.9 Å². The number of carbonyl (C=O) groups excluding carboxylic acids is 3. The average molecular weight is 1990 g/mol. The molecule has 10 aromatic heterocycles. The molecule has 0 radical (unpaired) electrons. The summed E-state index contributed by atoms with van der Waals surface area (Å²) in [5, 5.41) is 48.1. The Morgan fingerprint density at radius 2 is 0.696 bits per heavy atom. The maximum atomic E-state index is 12.6. The number of amides is 3. The number of fused-ring (bicyclic) bond motifs is 1. The molecule has 0 saturated carbocycles. The second-order valence-electron chi connectivity index (χ2n) is 36.9. The highest BCUT2D eigenvalue weighted by Crippen LogP contribution is 2.33. The highest BCUT2D eigenvalue weighted by Gasteiger charge is 2.29. The minimum Gasteiger partial charge on any atom is -0.396 e. The number of rotatable bonds is 25. The van der Waals surface area contributed by atoms with Crippen molar-refractivity contribution in [3.05, 3.63) is 316 Å². The van der Waals surface area contributed by atoms with Crippen LogP contribution in [-0.4, -0.2) is 252 Å². The number of aromatic nitrogens is 21. The molecule has 5 aliphatic heterocycles. The summed E-state index contributed by atoms with van der Waals surface area (Å²) in [6.45, 7) is 21.0. The molecule has 22 rings (SSSR count). The van der Waals surface area contributed by atoms with Crippen LogP contribution in [0.2, 0.25) is 0 Å². The molecule has 7 aromatic carbocycles. The van der Waals surface area contributed by atoms with Crippen LogP contribution in [0.25, 0.3) is 39.5 Å². The van der Waals surface area contributed by atoms with Gasteiger partial charge in [0.05, 0.1) is 39.5 Å². The molecule has 0 unspecified atom stereocenters. The number of hydrogen-bond donors (Lipinski definition) is 7. The van der Waals surface area contributed by atoms with E-state index in [1.807, 2.05) is 263 Å². The Hall–Kier alpha value is -17.5. The summed E-state index contributed by atoms with van der Waals surface area (Å²) in [7, 11) is 0. The molecule has 17 aromatic rings. The van der Waals surface area contributed by atoms with Gasteiger partial charge in [-0.15, -0.1) is 25.5 Å². The number of benzene rings is 7. The van der Waals surface area contributed by atoms with Gasteiger partial charge in [-0.1, -0.05) is 130 Å². The summed E-state index contributed by atoms with van der Waals surface area (Å²) in [4.78, 5) is 109. The van der Waals surface area contributed by atoms with Gasteiger partial charge in [-0.05, 0) is 172 Å². The van der Waals surface area contributed by atoms with Crippen molar-refractivity contribution in [3.63, 3.8) is 0 Å². The van der Waals surface area contributed by atoms with Crippen molar-refractivity contribution in [2.45, 2.75) is 91.5 Å². The summed E-state index contributed by atoms with van der Waals surface area (Å²) in [6, 6.07) is 81.4. The zero-order valence-corrected chi connectivity index (χ0v) is 83.6. The van der Waals surface area contributed by atoms with E-state index in [-0.39, 0.29) is 36.1 Å². The lowest BCUT2D eigenvalue weighted by atomic mass is 9.99. The van der Waals surface area contributed by atoms with Gasteiger partial charge in [0.25, 0.3) is 0 Å². The Bertz CT molecular complexity index is 7170. The largest absolute Gasteiger partial charge is 0.396 e. The number of nitrogens with zero attached hydrogens (tertiary/aromatic N) is 28. The highest BCUT2D eigenvalue weighted by molar-refractivity contribution is 5.78. The van der Waals surface area contributed by atoms with Crippen LogP contribution in [0.4, 0.5) is 87.1 Å². The molecule has 3 amide bonds. The van der Waals surface area contributed by atoms with E-state index in [4.69, 9.17) is 0 Å². The fraction of sp³-hybridized carbons (Fsp3) is 0.303. The maximum absolute atomic E-state index is 12.6. The first kappa shape index (κ1) is 101. The van der Waals surface area contributed by atoms with E-state index >= 15 is 0 Å². The molecule has 5 aliphatic rings. The van der Waals surface area contributed by atoms with Crippen molar-refractivity contribution in [1.29, 1.82) is 0 Å². The molecule has 0 aliphatic carbocycles. The van der Waals surface area contributed by atoms with Gasteiger partial charge in [0.15, 0.2) is 0 Å². The summed E-state index contributed by atoms with van der Waals surface area (Å²) in [6.07, 6.45) is 23.6. The molecule has 5 saturated heterocycles. The second kappa shape index (κ2) is 49.7. The van der Waals surface area contributed by atoms with E-state index in [1.54, 1.807) is 86.8 Å². The van der Waals surface area contributed by atoms with Gasteiger partial charge in [-0.3, -0.25) is 19.0 Å². The van der Waals surface area contributed by atoms with Gasteiger partial charge in [0.2, 0.25) is 47.5 Å². The number of imidazole rings is 1. The lowest BCUT2D eigenvalue weighted by Crippen LogP contribution is -2.37. The number of carbonyl (C=O) groups is 3. The fourth-order valence-electron chi connectivity index (χ4n) is 18.4. The zero-order chi connectivity index (χ0) is 102. The minimum absolute atomic E-state index is 0.0206. The van der Waals surface area contributed by atoms with E-state index in [0.29, 0.717) is 54.4 Å². The number of piperidine rings is 2. The lowest BCUT2D eigenvalue weighted by molar-refractivity contribution is -0.132. The number of anilines is 15. The number of aliphatic hydroxyl groups is 1. The number of aromatic amines is 1. The smallest absolute Gasteiger partial charge is 0.326 e. The standard InChI is InChI=1S/C26H25N7O.C23H29N7O.C21H25N7O.C20H23N7O.C19H22N6O/c34-26-29-23-11-4-5-12-24(23)33(26)20-13-15-31(16-14-20)21-9-6-10-22(17-21)32-18-27-25(30-32)28-19-7-2-1-3-8-19;1-18(2)15-22(31)29-12-6-11-28(13-14-29)21-16-20(9-10-24-21)30-17-25-23(27-30)26-19-7-4-3-5-8-19;1-2-20(29)27-12-6-11-26(13-14-27)19-15-18(9-10-22-19)28-16-23-21(25-28)24-17-7-4-3-5-8-17;1-16(28)25-10-5-11-26(13-12-25)19-14-18(8-9-21-19)27-15-22-20(24-27)23-17-6-3-2-4-7-17;26-13-15-5-4-10-24(12-15)18-11-17(8-9-20-18)25-14-21-19(23-25)22-16-6-2-1-3-7-16/h1-12,17-18,20H,13-16H2,(H,28,30)(H,29,34);3-5,7-10,16-18H,6,11-15H2,1-2H3,(H,26,27);3-5,7-10,15-16H,2,6,11-14H2,1H3,(H,24,25);2-4,6-9,14-15H,5,10-13H2,1H3,(H,23,24);1-3,6-9,11,14-15,26H,4-5,10,12-13H2,(H,22,23)/t;;;;15-/m....0/s1. The van der Waals surface area contributed by atoms with Crippen LogP contribution in [0.15, 0.2) is 310 Å². The van der Waals surface area contributed by atoms with E-state index in [0.717, 1.165) is 247 Å². The van der Waals surface area contributed by atoms with Crippen molar-refractivity contribution in [1.82, 2.24) is 118 Å². The Balaban J connectivity index is 0.000000121. The third kappa shape index (κ3) is 27.1. The Morgan fingerprint density at radius 3 is 1.07 bits per heavy atom. The third-order valence-electron chi connectivity index (χ3n) is 26.1. The minimum atomic E-state index is -0.0206. The third-order valence-corrected chi connectivity index (χ3v) is 26.1. The molecule has 15 heterocycles. The molecule has 148 heavy (non-hydrogen) atoms. The topological polar surface area (TPSA) is 400 Å². The molecule has 0 bridgehead atoms. The van der Waals surface area contributed by atoms with Gasteiger partial charge in [0.1, 0.15) is 54.9 Å². The summed E-state index contributed by atoms with van der Waals surface area (Å²) in [5.41, 5.74) is 12.3. The Labute approximate surface area is 858 Å². The lowest BCUT2D eigenvalue weighted by Gasteiger charge is -2.34. The first-order valence-corrected chi connectivity index (χ1v) is 50.6. The maximum Gasteiger partial charge on any atom is 0.326 e. The summed E-state index contributed by atoms with van der Waals surface area (Å²) >= 11 is 0. The SMILES string of the molecule is CC(=O)N1CCCN(c2cc(-n3cnc(Nc4ccccc4)n3)ccn2)CC1.CC(C)CC(=O)N1CCCN(c2cc(-n3cnc(Nc4ccccc4)n3)ccn2)CC1.CCC(=O)N1CCCN(c2cc(-n3cnc(Nc4ccccc4)n3)ccn2)CC1.O=c1[nH]c2ccccc2n1C1CCN(c2cccc(-n3cnc(Nc4ccccc4)n3)c2)CC1.OC[C@H]1CCCN(c2cc(-n3cnc(Nc4ccccc4)n3)ccn2)C1. The van der Waals surface area contributed by atoms with Crippen LogP contribution in [0, 0.1) is 11.8 Å². The van der Waals surface area contributed by atoms with Crippen LogP contribution in [-0.2, 0) is 14.4 Å². The first-order chi connectivity index (χ1) is 72.5. The quantitative estimate of drug-likeness (QED) is 0.0279. The van der Waals surface area contributed by atoms with E-state index in [9.17, 15) is 24.3 Å². The van der Waals surface area contributed by atoms with Crippen LogP contribution in [0.1, 0.15) is 91.5 Å². The Kier molecular flexibility index (Phi) is 33.7. The van der Waals surface area contributed by atoms with Crippen molar-refractivity contribution in [3.8, 4) is 28.4 Å². The summed E-state index contributed by atoms with van der Waals surface area (Å²) < 4.78 is 10.7. The molecular formula is C109H124N34O5. The number of nitrogens with one attached hydrogen (secondary N) is 6. The van der Waals surface area contributed by atoms with E-state index in [1.165, 1.54) is 0 Å². The van der Waals surface area contributed by atoms with Crippen LogP contribution >= 0.6 is 0 Å². The van der Waals surface area contributed by atoms with Gasteiger partial charge in [-0.2, -0.15) is 24.9 Å². The van der Waals surface area contributed by atoms with Crippen molar-refractivity contribution < 1.29 is 19.5 Å². The van der Waals surface area contributed by atoms with Crippen LogP contribution < -0.4 is 56.8 Å². The predicted molar refractivity (Wildman–Crippen MR) is 577 cm³/mol. The molecule has 5 fully saturated rings. The zero-order valence-electron chi connectivity index (χ0n) is 83.6. The molecule has 7 N–H and O–H groups in total. The molecule has 760 valence electrons. The number of aliphatic hydroxyl groups excluding tert-OH is 1. The number of hydrogen-bond acceptors (Lipinski definition) is 29. The molecule has 39 heteroatoms. The average Bonchev–Trinajstić information content (AvgIpc) is 1.61. The number of pyridine rings is 4. The Morgan fingerprint density at radius 1 is 0.351 bits per heavy atom. The molecule has 39 nitrogen and oxygen atoms in total. The van der Waals surface area contributed by atoms with E-state index < -0.39 is 0 Å². The van der Waals surface area contributed by atoms with Crippen molar-refractivity contribution in [2.75, 3.05) is 162 Å². The monoisotopic (exact) mass is 1990 g/mol. The fourth-order valence-corrected chi connectivity index (χ4v) is 18.4. The van der Waals surface area contributed by atoms with Gasteiger partial charge in [0, 0.05) is 220 Å².